The highest BCUT2D eigenvalue weighted by molar-refractivity contribution is 6.32. The summed E-state index contributed by atoms with van der Waals surface area (Å²) in [7, 11) is 0. The lowest BCUT2D eigenvalue weighted by Gasteiger charge is -2.01. The van der Waals surface area contributed by atoms with Gasteiger partial charge in [-0.05, 0) is 12.5 Å². The second kappa shape index (κ2) is 3.95. The van der Waals surface area contributed by atoms with Crippen LogP contribution in [0.2, 0.25) is 5.02 Å². The maximum Gasteiger partial charge on any atom is 0.164 e. The summed E-state index contributed by atoms with van der Waals surface area (Å²) in [5.41, 5.74) is 7.98. The summed E-state index contributed by atoms with van der Waals surface area (Å²) in [6, 6.07) is 8.29. The Morgan fingerprint density at radius 3 is 2.53 bits per heavy atom. The molecule has 2 rings (SSSR count). The number of halogens is 1. The molecule has 0 saturated heterocycles. The molecule has 0 aliphatic rings. The molecule has 0 spiro atoms. The Labute approximate surface area is 93.5 Å². The van der Waals surface area contributed by atoms with Crippen molar-refractivity contribution >= 4 is 17.4 Å². The quantitative estimate of drug-likeness (QED) is 0.847. The van der Waals surface area contributed by atoms with E-state index >= 15 is 0 Å². The van der Waals surface area contributed by atoms with Crippen LogP contribution in [0.5, 0.6) is 0 Å². The van der Waals surface area contributed by atoms with Crippen LogP contribution >= 0.6 is 11.6 Å². The van der Waals surface area contributed by atoms with Crippen molar-refractivity contribution in [2.24, 2.45) is 0 Å². The molecule has 0 aliphatic carbocycles. The van der Waals surface area contributed by atoms with Crippen LogP contribution in [0.25, 0.3) is 0 Å². The van der Waals surface area contributed by atoms with Crippen LogP contribution in [0.1, 0.15) is 11.1 Å². The normalized spacial score (nSPS) is 10.5. The molecule has 0 amide bonds. The summed E-state index contributed by atoms with van der Waals surface area (Å²) >= 11 is 5.81. The van der Waals surface area contributed by atoms with Crippen molar-refractivity contribution in [2.45, 2.75) is 13.5 Å². The Kier molecular flexibility index (Phi) is 2.64. The fourth-order valence-electron chi connectivity index (χ4n) is 1.37. The van der Waals surface area contributed by atoms with Crippen LogP contribution < -0.4 is 5.73 Å². The number of nitrogen functional groups attached to an aromatic ring is 1. The predicted octanol–water partition coefficient (Wildman–Crippen LogP) is 2.48. The number of anilines is 1. The van der Waals surface area contributed by atoms with Gasteiger partial charge in [0.15, 0.2) is 5.82 Å². The monoisotopic (exact) mass is 221 g/mol. The molecule has 0 aliphatic heterocycles. The van der Waals surface area contributed by atoms with Crippen LogP contribution in [0.15, 0.2) is 30.5 Å². The second-order valence-electron chi connectivity index (χ2n) is 3.55. The van der Waals surface area contributed by atoms with Crippen LogP contribution in [-0.4, -0.2) is 9.78 Å². The van der Waals surface area contributed by atoms with Gasteiger partial charge in [0.2, 0.25) is 0 Å². The number of hydrogen-bond donors (Lipinski definition) is 1. The number of nitrogens with two attached hydrogens (primary N) is 1. The highest BCUT2D eigenvalue weighted by atomic mass is 35.5. The number of rotatable bonds is 2. The van der Waals surface area contributed by atoms with Crippen molar-refractivity contribution in [3.05, 3.63) is 46.6 Å². The number of hydrogen-bond acceptors (Lipinski definition) is 2. The minimum Gasteiger partial charge on any atom is -0.381 e. The maximum atomic E-state index is 5.81. The summed E-state index contributed by atoms with van der Waals surface area (Å²) in [6.07, 6.45) is 1.73. The number of aromatic nitrogens is 2. The first-order valence-corrected chi connectivity index (χ1v) is 5.07. The van der Waals surface area contributed by atoms with Crippen molar-refractivity contribution in [3.63, 3.8) is 0 Å². The summed E-state index contributed by atoms with van der Waals surface area (Å²) in [6.45, 7) is 2.75. The van der Waals surface area contributed by atoms with Crippen LogP contribution in [0.4, 0.5) is 5.82 Å². The van der Waals surface area contributed by atoms with E-state index in [1.807, 2.05) is 0 Å². The van der Waals surface area contributed by atoms with E-state index in [2.05, 4.69) is 36.3 Å². The van der Waals surface area contributed by atoms with Gasteiger partial charge in [0.05, 0.1) is 6.54 Å². The van der Waals surface area contributed by atoms with E-state index in [-0.39, 0.29) is 0 Å². The van der Waals surface area contributed by atoms with Crippen molar-refractivity contribution < 1.29 is 0 Å². The second-order valence-corrected chi connectivity index (χ2v) is 3.95. The highest BCUT2D eigenvalue weighted by Crippen LogP contribution is 2.16. The van der Waals surface area contributed by atoms with E-state index < -0.39 is 0 Å². The maximum absolute atomic E-state index is 5.81. The Hall–Kier alpha value is -1.48. The molecule has 3 nitrogen and oxygen atoms in total. The van der Waals surface area contributed by atoms with Gasteiger partial charge in [-0.15, -0.1) is 0 Å². The molecule has 78 valence electrons. The first kappa shape index (κ1) is 10.1. The topological polar surface area (TPSA) is 43.8 Å². The molecular formula is C11H12ClN3. The van der Waals surface area contributed by atoms with Crippen molar-refractivity contribution in [1.82, 2.24) is 9.78 Å². The lowest BCUT2D eigenvalue weighted by Crippen LogP contribution is -2.00. The largest absolute Gasteiger partial charge is 0.381 e. The average molecular weight is 222 g/mol. The third-order valence-electron chi connectivity index (χ3n) is 2.21. The van der Waals surface area contributed by atoms with Crippen LogP contribution in [0, 0.1) is 6.92 Å². The molecule has 0 bridgehead atoms. The predicted molar refractivity (Wildman–Crippen MR) is 61.9 cm³/mol. The fraction of sp³-hybridized carbons (Fsp3) is 0.182. The Morgan fingerprint density at radius 1 is 1.33 bits per heavy atom. The van der Waals surface area contributed by atoms with Crippen molar-refractivity contribution in [2.75, 3.05) is 5.73 Å². The highest BCUT2D eigenvalue weighted by Gasteiger charge is 2.02. The molecule has 15 heavy (non-hydrogen) atoms. The van der Waals surface area contributed by atoms with Gasteiger partial charge in [0.1, 0.15) is 5.02 Å². The zero-order valence-corrected chi connectivity index (χ0v) is 9.20. The van der Waals surface area contributed by atoms with Gasteiger partial charge in [-0.3, -0.25) is 4.68 Å². The summed E-state index contributed by atoms with van der Waals surface area (Å²) in [5.74, 6) is 0.378. The number of nitrogens with zero attached hydrogens (tertiary/aromatic N) is 2. The van der Waals surface area contributed by atoms with Gasteiger partial charge in [0, 0.05) is 6.20 Å². The van der Waals surface area contributed by atoms with Crippen LogP contribution in [0.3, 0.4) is 0 Å². The smallest absolute Gasteiger partial charge is 0.164 e. The van der Waals surface area contributed by atoms with Crippen molar-refractivity contribution in [1.29, 1.82) is 0 Å². The molecular weight excluding hydrogens is 210 g/mol. The Bertz CT molecular complexity index is 440. The first-order valence-electron chi connectivity index (χ1n) is 4.69. The molecule has 2 N–H and O–H groups in total. The molecule has 0 radical (unpaired) electrons. The van der Waals surface area contributed by atoms with Crippen molar-refractivity contribution in [3.8, 4) is 0 Å². The minimum absolute atomic E-state index is 0.378. The molecule has 2 aromatic rings. The molecule has 0 unspecified atom stereocenters. The van der Waals surface area contributed by atoms with E-state index in [0.29, 0.717) is 17.4 Å². The zero-order chi connectivity index (χ0) is 10.8. The first-order chi connectivity index (χ1) is 7.15. The van der Waals surface area contributed by atoms with E-state index in [4.69, 9.17) is 17.3 Å². The molecule has 4 heteroatoms. The summed E-state index contributed by atoms with van der Waals surface area (Å²) in [4.78, 5) is 0. The molecule has 1 aromatic carbocycles. The third kappa shape index (κ3) is 2.30. The third-order valence-corrected chi connectivity index (χ3v) is 2.50. The SMILES string of the molecule is Cc1ccc(Cn2cc(Cl)c(N)n2)cc1. The van der Waals surface area contributed by atoms with E-state index in [1.165, 1.54) is 11.1 Å². The Morgan fingerprint density at radius 2 is 2.00 bits per heavy atom. The van der Waals surface area contributed by atoms with Gasteiger partial charge in [-0.25, -0.2) is 0 Å². The van der Waals surface area contributed by atoms with Gasteiger partial charge in [0.25, 0.3) is 0 Å². The van der Waals surface area contributed by atoms with Gasteiger partial charge in [-0.1, -0.05) is 41.4 Å². The van der Waals surface area contributed by atoms with Gasteiger partial charge >= 0.3 is 0 Å². The van der Waals surface area contributed by atoms with Gasteiger partial charge in [-0.2, -0.15) is 5.10 Å². The summed E-state index contributed by atoms with van der Waals surface area (Å²) < 4.78 is 1.74. The average Bonchev–Trinajstić information content (AvgIpc) is 2.50. The molecule has 0 atom stereocenters. The molecule has 1 aromatic heterocycles. The fourth-order valence-corrected chi connectivity index (χ4v) is 1.52. The number of aryl methyl sites for hydroxylation is 1. The van der Waals surface area contributed by atoms with E-state index in [1.54, 1.807) is 10.9 Å². The summed E-state index contributed by atoms with van der Waals surface area (Å²) in [5, 5.41) is 4.59. The molecule has 0 fully saturated rings. The van der Waals surface area contributed by atoms with E-state index in [0.717, 1.165) is 0 Å². The Balaban J connectivity index is 2.18. The number of benzene rings is 1. The lowest BCUT2D eigenvalue weighted by molar-refractivity contribution is 0.690. The van der Waals surface area contributed by atoms with Crippen LogP contribution in [-0.2, 0) is 6.54 Å². The lowest BCUT2D eigenvalue weighted by atomic mass is 10.1. The van der Waals surface area contributed by atoms with E-state index in [9.17, 15) is 0 Å². The molecule has 0 saturated carbocycles. The van der Waals surface area contributed by atoms with Gasteiger partial charge < -0.3 is 5.73 Å². The zero-order valence-electron chi connectivity index (χ0n) is 8.44. The minimum atomic E-state index is 0.378. The molecule has 1 heterocycles. The standard InChI is InChI=1S/C11H12ClN3/c1-8-2-4-9(5-3-8)6-15-7-10(12)11(13)14-15/h2-5,7H,6H2,1H3,(H2,13,14).